The van der Waals surface area contributed by atoms with Crippen LogP contribution >= 0.6 is 27.3 Å². The van der Waals surface area contributed by atoms with Crippen molar-refractivity contribution < 1.29 is 8.42 Å². The molecule has 0 atom stereocenters. The number of thiophene rings is 1. The highest BCUT2D eigenvalue weighted by atomic mass is 79.9. The Morgan fingerprint density at radius 2 is 2.27 bits per heavy atom. The Morgan fingerprint density at radius 3 is 2.73 bits per heavy atom. The van der Waals surface area contributed by atoms with E-state index in [1.165, 1.54) is 4.31 Å². The van der Waals surface area contributed by atoms with E-state index >= 15 is 0 Å². The molecule has 0 amide bonds. The van der Waals surface area contributed by atoms with E-state index < -0.39 is 10.0 Å². The topological polar surface area (TPSA) is 37.4 Å². The van der Waals surface area contributed by atoms with Gasteiger partial charge in [0.25, 0.3) is 0 Å². The number of nitrogens with zero attached hydrogens (tertiary/aromatic N) is 1. The molecule has 1 heterocycles. The van der Waals surface area contributed by atoms with Gasteiger partial charge in [-0.15, -0.1) is 11.3 Å². The first-order valence-corrected chi connectivity index (χ1v) is 7.86. The number of sulfonamides is 1. The van der Waals surface area contributed by atoms with E-state index in [9.17, 15) is 8.42 Å². The van der Waals surface area contributed by atoms with Crippen LogP contribution in [0.2, 0.25) is 0 Å². The smallest absolute Gasteiger partial charge is 0.212 e. The molecule has 1 aromatic rings. The van der Waals surface area contributed by atoms with E-state index in [0.717, 1.165) is 22.2 Å². The lowest BCUT2D eigenvalue weighted by molar-refractivity contribution is 0.466. The minimum atomic E-state index is -3.03. The van der Waals surface area contributed by atoms with Crippen molar-refractivity contribution >= 4 is 37.3 Å². The molecule has 1 aromatic heterocycles. The van der Waals surface area contributed by atoms with Gasteiger partial charge in [0.2, 0.25) is 10.0 Å². The van der Waals surface area contributed by atoms with Crippen LogP contribution in [0.5, 0.6) is 0 Å². The molecule has 0 radical (unpaired) electrons. The second kappa shape index (κ2) is 4.16. The SMILES string of the molecule is CN(Cc1csc(Br)c1)S(=O)(=O)C1CC1. The Bertz CT molecular complexity index is 450. The summed E-state index contributed by atoms with van der Waals surface area (Å²) in [5, 5.41) is 1.85. The van der Waals surface area contributed by atoms with Crippen LogP contribution in [0.25, 0.3) is 0 Å². The van der Waals surface area contributed by atoms with Crippen molar-refractivity contribution in [3.8, 4) is 0 Å². The average Bonchev–Trinajstić information content (AvgIpc) is 2.92. The van der Waals surface area contributed by atoms with E-state index in [2.05, 4.69) is 15.9 Å². The van der Waals surface area contributed by atoms with Crippen molar-refractivity contribution in [2.75, 3.05) is 7.05 Å². The van der Waals surface area contributed by atoms with Crippen LogP contribution in [-0.2, 0) is 16.6 Å². The van der Waals surface area contributed by atoms with E-state index in [1.807, 2.05) is 11.4 Å². The maximum absolute atomic E-state index is 11.8. The summed E-state index contributed by atoms with van der Waals surface area (Å²) < 4.78 is 26.1. The van der Waals surface area contributed by atoms with Gasteiger partial charge in [-0.05, 0) is 45.8 Å². The molecule has 3 nitrogen and oxygen atoms in total. The molecule has 1 fully saturated rings. The molecule has 0 spiro atoms. The second-order valence-electron chi connectivity index (χ2n) is 3.76. The van der Waals surface area contributed by atoms with Gasteiger partial charge in [0, 0.05) is 13.6 Å². The largest absolute Gasteiger partial charge is 0.217 e. The molecular formula is C9H12BrNO2S2. The maximum Gasteiger partial charge on any atom is 0.217 e. The first kappa shape index (κ1) is 11.6. The third-order valence-electron chi connectivity index (χ3n) is 2.41. The second-order valence-corrected chi connectivity index (χ2v) is 8.37. The van der Waals surface area contributed by atoms with E-state index in [4.69, 9.17) is 0 Å². The minimum Gasteiger partial charge on any atom is -0.212 e. The van der Waals surface area contributed by atoms with E-state index in [1.54, 1.807) is 18.4 Å². The highest BCUT2D eigenvalue weighted by molar-refractivity contribution is 9.11. The highest BCUT2D eigenvalue weighted by Crippen LogP contribution is 2.31. The lowest BCUT2D eigenvalue weighted by Gasteiger charge is -2.15. The van der Waals surface area contributed by atoms with Crippen LogP contribution < -0.4 is 0 Å². The van der Waals surface area contributed by atoms with Gasteiger partial charge in [-0.2, -0.15) is 0 Å². The van der Waals surface area contributed by atoms with Crippen molar-refractivity contribution in [3.05, 3.63) is 20.8 Å². The predicted octanol–water partition coefficient (Wildman–Crippen LogP) is 2.43. The average molecular weight is 310 g/mol. The first-order chi connectivity index (χ1) is 7.00. The molecule has 2 rings (SSSR count). The molecule has 84 valence electrons. The molecule has 1 aliphatic rings. The maximum atomic E-state index is 11.8. The van der Waals surface area contributed by atoms with Crippen molar-refractivity contribution in [1.82, 2.24) is 4.31 Å². The molecule has 0 aliphatic heterocycles. The summed E-state index contributed by atoms with van der Waals surface area (Å²) in [6.07, 6.45) is 1.64. The van der Waals surface area contributed by atoms with Crippen LogP contribution in [0, 0.1) is 0 Å². The molecule has 0 saturated heterocycles. The lowest BCUT2D eigenvalue weighted by Crippen LogP contribution is -2.29. The summed E-state index contributed by atoms with van der Waals surface area (Å²) in [5.74, 6) is 0. The van der Waals surface area contributed by atoms with Gasteiger partial charge >= 0.3 is 0 Å². The lowest BCUT2D eigenvalue weighted by atomic mass is 10.3. The van der Waals surface area contributed by atoms with Crippen LogP contribution in [0.4, 0.5) is 0 Å². The Hall–Kier alpha value is 0.0900. The zero-order valence-electron chi connectivity index (χ0n) is 8.31. The third-order valence-corrected chi connectivity index (χ3v) is 6.27. The molecule has 0 bridgehead atoms. The quantitative estimate of drug-likeness (QED) is 0.856. The van der Waals surface area contributed by atoms with E-state index in [0.29, 0.717) is 6.54 Å². The van der Waals surface area contributed by atoms with Gasteiger partial charge in [0.1, 0.15) is 0 Å². The van der Waals surface area contributed by atoms with Gasteiger partial charge in [0.15, 0.2) is 0 Å². The summed E-state index contributed by atoms with van der Waals surface area (Å²) in [5.41, 5.74) is 1.04. The van der Waals surface area contributed by atoms with Gasteiger partial charge < -0.3 is 0 Å². The van der Waals surface area contributed by atoms with E-state index in [-0.39, 0.29) is 5.25 Å². The molecule has 0 aromatic carbocycles. The van der Waals surface area contributed by atoms with Crippen molar-refractivity contribution in [2.24, 2.45) is 0 Å². The number of rotatable bonds is 4. The normalized spacial score (nSPS) is 17.3. The van der Waals surface area contributed by atoms with Crippen LogP contribution in [-0.4, -0.2) is 25.0 Å². The Balaban J connectivity index is 2.06. The number of hydrogen-bond donors (Lipinski definition) is 0. The van der Waals surface area contributed by atoms with Gasteiger partial charge in [0.05, 0.1) is 9.04 Å². The molecule has 1 saturated carbocycles. The zero-order chi connectivity index (χ0) is 11.1. The standard InChI is InChI=1S/C9H12BrNO2S2/c1-11(15(12,13)8-2-3-8)5-7-4-9(10)14-6-7/h4,6,8H,2-3,5H2,1H3. The monoisotopic (exact) mass is 309 g/mol. The molecule has 6 heteroatoms. The molecule has 0 N–H and O–H groups in total. The van der Waals surface area contributed by atoms with Crippen molar-refractivity contribution in [1.29, 1.82) is 0 Å². The third kappa shape index (κ3) is 2.61. The molecule has 1 aliphatic carbocycles. The molecular weight excluding hydrogens is 298 g/mol. The summed E-state index contributed by atoms with van der Waals surface area (Å²) >= 11 is 4.94. The Labute approximate surface area is 102 Å². The van der Waals surface area contributed by atoms with Crippen LogP contribution in [0.15, 0.2) is 15.2 Å². The molecule has 0 unspecified atom stereocenters. The summed E-state index contributed by atoms with van der Waals surface area (Å²) in [7, 11) is -1.38. The zero-order valence-corrected chi connectivity index (χ0v) is 11.5. The van der Waals surface area contributed by atoms with Crippen LogP contribution in [0.1, 0.15) is 18.4 Å². The van der Waals surface area contributed by atoms with Crippen LogP contribution in [0.3, 0.4) is 0 Å². The van der Waals surface area contributed by atoms with Gasteiger partial charge in [-0.3, -0.25) is 0 Å². The molecule has 15 heavy (non-hydrogen) atoms. The summed E-state index contributed by atoms with van der Waals surface area (Å²) in [4.78, 5) is 0. The first-order valence-electron chi connectivity index (χ1n) is 4.68. The summed E-state index contributed by atoms with van der Waals surface area (Å²) in [6.45, 7) is 0.473. The van der Waals surface area contributed by atoms with Gasteiger partial charge in [-0.25, -0.2) is 12.7 Å². The highest BCUT2D eigenvalue weighted by Gasteiger charge is 2.38. The fourth-order valence-electron chi connectivity index (χ4n) is 1.40. The Morgan fingerprint density at radius 1 is 1.60 bits per heavy atom. The number of hydrogen-bond acceptors (Lipinski definition) is 3. The van der Waals surface area contributed by atoms with Crippen molar-refractivity contribution in [2.45, 2.75) is 24.6 Å². The fourth-order valence-corrected chi connectivity index (χ4v) is 4.17. The predicted molar refractivity (Wildman–Crippen MR) is 65.4 cm³/mol. The fraction of sp³-hybridized carbons (Fsp3) is 0.556. The number of halogens is 1. The minimum absolute atomic E-state index is 0.121. The van der Waals surface area contributed by atoms with Crippen molar-refractivity contribution in [3.63, 3.8) is 0 Å². The van der Waals surface area contributed by atoms with Gasteiger partial charge in [-0.1, -0.05) is 0 Å². The summed E-state index contributed by atoms with van der Waals surface area (Å²) in [6, 6.07) is 1.96. The Kier molecular flexibility index (Phi) is 3.21.